The van der Waals surface area contributed by atoms with Crippen molar-refractivity contribution < 1.29 is 27.4 Å². The second kappa shape index (κ2) is 9.23. The van der Waals surface area contributed by atoms with Gasteiger partial charge < -0.3 is 24.6 Å². The zero-order valence-electron chi connectivity index (χ0n) is 17.3. The number of amides is 1. The number of methoxy groups -OCH3 is 2. The molecular formula is C21H23ClF3N3O3. The van der Waals surface area contributed by atoms with E-state index in [1.54, 1.807) is 6.07 Å². The molecule has 31 heavy (non-hydrogen) atoms. The number of carbonyl (C=O) groups excluding carboxylic acids is 1. The van der Waals surface area contributed by atoms with E-state index in [4.69, 9.17) is 21.1 Å². The monoisotopic (exact) mass is 457 g/mol. The summed E-state index contributed by atoms with van der Waals surface area (Å²) in [5.74, 6) is -0.324. The maximum absolute atomic E-state index is 13.8. The first-order valence-corrected chi connectivity index (χ1v) is 9.89. The standard InChI is InChI=1S/C21H23ClF3N3O3/c1-27-6-8-28(9-7-27)14-4-5-17(15(12-14)21(23,24)25)26-20(29)13-10-16(22)19(31-3)18(11-13)30-2/h4-5,10-12H,6-9H2,1-3H3,(H,26,29). The van der Waals surface area contributed by atoms with Crippen LogP contribution >= 0.6 is 11.6 Å². The summed E-state index contributed by atoms with van der Waals surface area (Å²) in [7, 11) is 4.73. The Kier molecular flexibility index (Phi) is 6.86. The minimum Gasteiger partial charge on any atom is -0.493 e. The molecule has 0 atom stereocenters. The molecule has 1 heterocycles. The van der Waals surface area contributed by atoms with Crippen molar-refractivity contribution in [3.8, 4) is 11.5 Å². The lowest BCUT2D eigenvalue weighted by atomic mass is 10.1. The fourth-order valence-corrected chi connectivity index (χ4v) is 3.67. The Bertz CT molecular complexity index is 961. The minimum atomic E-state index is -4.64. The number of piperazine rings is 1. The Hall–Kier alpha value is -2.65. The topological polar surface area (TPSA) is 54.0 Å². The summed E-state index contributed by atoms with van der Waals surface area (Å²) in [5, 5.41) is 2.45. The molecule has 0 unspecified atom stereocenters. The van der Waals surface area contributed by atoms with Crippen molar-refractivity contribution in [2.45, 2.75) is 6.18 Å². The van der Waals surface area contributed by atoms with E-state index in [2.05, 4.69) is 10.2 Å². The molecule has 0 bridgehead atoms. The molecule has 1 aliphatic rings. The Morgan fingerprint density at radius 3 is 2.32 bits per heavy atom. The molecule has 168 valence electrons. The van der Waals surface area contributed by atoms with Crippen molar-refractivity contribution in [1.29, 1.82) is 0 Å². The van der Waals surface area contributed by atoms with E-state index < -0.39 is 17.6 Å². The zero-order valence-corrected chi connectivity index (χ0v) is 18.1. The lowest BCUT2D eigenvalue weighted by Gasteiger charge is -2.34. The van der Waals surface area contributed by atoms with Crippen LogP contribution in [0.15, 0.2) is 30.3 Å². The smallest absolute Gasteiger partial charge is 0.418 e. The second-order valence-corrected chi connectivity index (χ2v) is 7.57. The number of carbonyl (C=O) groups is 1. The van der Waals surface area contributed by atoms with Gasteiger partial charge in [-0.3, -0.25) is 4.79 Å². The van der Waals surface area contributed by atoms with E-state index in [9.17, 15) is 18.0 Å². The maximum Gasteiger partial charge on any atom is 0.418 e. The van der Waals surface area contributed by atoms with E-state index in [0.717, 1.165) is 19.2 Å². The van der Waals surface area contributed by atoms with Crippen molar-refractivity contribution in [3.63, 3.8) is 0 Å². The third-order valence-corrected chi connectivity index (χ3v) is 5.40. The summed E-state index contributed by atoms with van der Waals surface area (Å²) in [6.07, 6.45) is -4.64. The van der Waals surface area contributed by atoms with Gasteiger partial charge in [-0.15, -0.1) is 0 Å². The van der Waals surface area contributed by atoms with Crippen molar-refractivity contribution >= 4 is 28.9 Å². The van der Waals surface area contributed by atoms with Crippen LogP contribution in [0.1, 0.15) is 15.9 Å². The van der Waals surface area contributed by atoms with Gasteiger partial charge in [0.1, 0.15) is 0 Å². The number of hydrogen-bond acceptors (Lipinski definition) is 5. The summed E-state index contributed by atoms with van der Waals surface area (Å²) >= 11 is 6.11. The van der Waals surface area contributed by atoms with Gasteiger partial charge in [-0.1, -0.05) is 11.6 Å². The van der Waals surface area contributed by atoms with Crippen molar-refractivity contribution in [3.05, 3.63) is 46.5 Å². The van der Waals surface area contributed by atoms with Crippen LogP contribution in [0.5, 0.6) is 11.5 Å². The molecule has 1 N–H and O–H groups in total. The molecule has 1 fully saturated rings. The highest BCUT2D eigenvalue weighted by Crippen LogP contribution is 2.39. The van der Waals surface area contributed by atoms with Gasteiger partial charge in [-0.2, -0.15) is 13.2 Å². The molecule has 1 saturated heterocycles. The molecule has 1 amide bonds. The van der Waals surface area contributed by atoms with E-state index >= 15 is 0 Å². The number of hydrogen-bond donors (Lipinski definition) is 1. The number of benzene rings is 2. The summed E-state index contributed by atoms with van der Waals surface area (Å²) < 4.78 is 51.5. The van der Waals surface area contributed by atoms with Crippen LogP contribution < -0.4 is 19.7 Å². The van der Waals surface area contributed by atoms with Crippen LogP contribution in [0, 0.1) is 0 Å². The van der Waals surface area contributed by atoms with Crippen LogP contribution in [-0.2, 0) is 6.18 Å². The molecule has 0 aromatic heterocycles. The lowest BCUT2D eigenvalue weighted by Crippen LogP contribution is -2.44. The van der Waals surface area contributed by atoms with E-state index in [1.807, 2.05) is 11.9 Å². The number of rotatable bonds is 5. The third-order valence-electron chi connectivity index (χ3n) is 5.12. The first kappa shape index (κ1) is 23.0. The number of nitrogens with zero attached hydrogens (tertiary/aromatic N) is 2. The number of nitrogens with one attached hydrogen (secondary N) is 1. The molecule has 1 aliphatic heterocycles. The predicted octanol–water partition coefficient (Wildman–Crippen LogP) is 4.38. The molecular weight excluding hydrogens is 435 g/mol. The molecule has 0 aliphatic carbocycles. The zero-order chi connectivity index (χ0) is 22.8. The normalized spacial score (nSPS) is 15.0. The van der Waals surface area contributed by atoms with Crippen LogP contribution in [0.2, 0.25) is 5.02 Å². The Balaban J connectivity index is 1.90. The Morgan fingerprint density at radius 2 is 1.74 bits per heavy atom. The Labute approximate surface area is 183 Å². The van der Waals surface area contributed by atoms with Gasteiger partial charge in [-0.25, -0.2) is 0 Å². The van der Waals surface area contributed by atoms with E-state index in [-0.39, 0.29) is 27.8 Å². The number of ether oxygens (including phenoxy) is 2. The highest BCUT2D eigenvalue weighted by Gasteiger charge is 2.35. The third kappa shape index (κ3) is 5.16. The first-order chi connectivity index (χ1) is 14.6. The first-order valence-electron chi connectivity index (χ1n) is 9.51. The van der Waals surface area contributed by atoms with Crippen LogP contribution in [0.4, 0.5) is 24.5 Å². The largest absolute Gasteiger partial charge is 0.493 e. The lowest BCUT2D eigenvalue weighted by molar-refractivity contribution is -0.136. The van der Waals surface area contributed by atoms with Gasteiger partial charge in [0.05, 0.1) is 30.5 Å². The molecule has 6 nitrogen and oxygen atoms in total. The van der Waals surface area contributed by atoms with Gasteiger partial charge in [0.2, 0.25) is 0 Å². The SMILES string of the molecule is COc1cc(C(=O)Nc2ccc(N3CCN(C)CC3)cc2C(F)(F)F)cc(Cl)c1OC. The fourth-order valence-electron chi connectivity index (χ4n) is 3.38. The van der Waals surface area contributed by atoms with Gasteiger partial charge in [0.25, 0.3) is 5.91 Å². The summed E-state index contributed by atoms with van der Waals surface area (Å²) in [6, 6.07) is 6.59. The Morgan fingerprint density at radius 1 is 1.06 bits per heavy atom. The molecule has 2 aromatic carbocycles. The summed E-state index contributed by atoms with van der Waals surface area (Å²) in [5.41, 5.74) is -0.739. The van der Waals surface area contributed by atoms with Crippen LogP contribution in [0.3, 0.4) is 0 Å². The number of halogens is 4. The molecule has 0 radical (unpaired) electrons. The molecule has 3 rings (SSSR count). The second-order valence-electron chi connectivity index (χ2n) is 7.17. The predicted molar refractivity (Wildman–Crippen MR) is 114 cm³/mol. The molecule has 0 spiro atoms. The average molecular weight is 458 g/mol. The maximum atomic E-state index is 13.8. The quantitative estimate of drug-likeness (QED) is 0.722. The molecule has 0 saturated carbocycles. The van der Waals surface area contributed by atoms with Gasteiger partial charge in [0.15, 0.2) is 11.5 Å². The van der Waals surface area contributed by atoms with E-state index in [1.165, 1.54) is 32.4 Å². The van der Waals surface area contributed by atoms with Crippen LogP contribution in [0.25, 0.3) is 0 Å². The van der Waals surface area contributed by atoms with Gasteiger partial charge in [-0.05, 0) is 37.4 Å². The van der Waals surface area contributed by atoms with Gasteiger partial charge >= 0.3 is 6.18 Å². The summed E-state index contributed by atoms with van der Waals surface area (Å²) in [6.45, 7) is 2.78. The van der Waals surface area contributed by atoms with Crippen molar-refractivity contribution in [2.24, 2.45) is 0 Å². The molecule has 10 heteroatoms. The van der Waals surface area contributed by atoms with Crippen molar-refractivity contribution in [1.82, 2.24) is 4.90 Å². The number of anilines is 2. The average Bonchev–Trinajstić information content (AvgIpc) is 2.73. The minimum absolute atomic E-state index is 0.0407. The number of likely N-dealkylation sites (N-methyl/N-ethyl adjacent to an activating group) is 1. The highest BCUT2D eigenvalue weighted by atomic mass is 35.5. The fraction of sp³-hybridized carbons (Fsp3) is 0.381. The molecule has 2 aromatic rings. The van der Waals surface area contributed by atoms with Crippen molar-refractivity contribution in [2.75, 3.05) is 57.7 Å². The number of alkyl halides is 3. The highest BCUT2D eigenvalue weighted by molar-refractivity contribution is 6.32. The van der Waals surface area contributed by atoms with Crippen LogP contribution in [-0.4, -0.2) is 58.3 Å². The van der Waals surface area contributed by atoms with E-state index in [0.29, 0.717) is 18.8 Å². The van der Waals surface area contributed by atoms with Gasteiger partial charge in [0, 0.05) is 37.4 Å². The summed E-state index contributed by atoms with van der Waals surface area (Å²) in [4.78, 5) is 16.7.